The van der Waals surface area contributed by atoms with Crippen LogP contribution in [0.25, 0.3) is 5.57 Å². The fourth-order valence-corrected chi connectivity index (χ4v) is 2.37. The van der Waals surface area contributed by atoms with E-state index in [0.717, 1.165) is 11.1 Å². The number of nitrogens with two attached hydrogens (primary N) is 2. The number of hydrogen-bond acceptors (Lipinski definition) is 6. The monoisotopic (exact) mass is 302 g/mol. The van der Waals surface area contributed by atoms with Crippen molar-refractivity contribution in [3.05, 3.63) is 64.6 Å². The number of hydrogen-bond donors (Lipinski definition) is 4. The Morgan fingerprint density at radius 1 is 0.818 bits per heavy atom. The summed E-state index contributed by atoms with van der Waals surface area (Å²) in [5, 5.41) is 19.5. The van der Waals surface area contributed by atoms with E-state index in [9.17, 15) is 10.2 Å². The van der Waals surface area contributed by atoms with Gasteiger partial charge in [-0.2, -0.15) is 11.8 Å². The Hall–Kier alpha value is -2.70. The lowest BCUT2D eigenvalue weighted by Gasteiger charge is -2.15. The Morgan fingerprint density at radius 2 is 1.23 bits per heavy atom. The lowest BCUT2D eigenvalue weighted by atomic mass is 9.92. The van der Waals surface area contributed by atoms with Crippen molar-refractivity contribution >= 4 is 5.57 Å². The van der Waals surface area contributed by atoms with Crippen LogP contribution < -0.4 is 21.5 Å². The average molecular weight is 302 g/mol. The first-order chi connectivity index (χ1) is 10.5. The Bertz CT molecular complexity index is 667. The topological polar surface area (TPSA) is 111 Å². The fraction of sp³-hybridized carbons (Fsp3) is 0.125. The largest absolute Gasteiger partial charge is 0.481 e. The number of aliphatic hydroxyl groups excluding tert-OH is 1. The molecule has 2 aromatic carbocycles. The van der Waals surface area contributed by atoms with Crippen molar-refractivity contribution in [2.24, 2.45) is 11.8 Å². The van der Waals surface area contributed by atoms with E-state index in [4.69, 9.17) is 11.8 Å². The molecule has 6 N–H and O–H groups in total. The molecule has 0 aliphatic carbocycles. The van der Waals surface area contributed by atoms with E-state index in [0.29, 0.717) is 28.2 Å². The summed E-state index contributed by atoms with van der Waals surface area (Å²) in [5.74, 6) is 10.5. The minimum absolute atomic E-state index is 0.308. The summed E-state index contributed by atoms with van der Waals surface area (Å²) < 4.78 is 0. The third kappa shape index (κ3) is 2.98. The molecule has 0 saturated heterocycles. The maximum absolute atomic E-state index is 9.74. The van der Waals surface area contributed by atoms with Gasteiger partial charge in [0.25, 0.3) is 5.95 Å². The first kappa shape index (κ1) is 15.7. The predicted octanol–water partition coefficient (Wildman–Crippen LogP) is 2.64. The van der Waals surface area contributed by atoms with Crippen LogP contribution in [0.5, 0.6) is 11.5 Å². The number of benzene rings is 2. The molecule has 2 aromatic rings. The number of rotatable bonds is 4. The highest BCUT2D eigenvalue weighted by atomic mass is 16.6. The van der Waals surface area contributed by atoms with E-state index in [2.05, 4.69) is 9.68 Å². The zero-order valence-electron chi connectivity index (χ0n) is 12.3. The molecule has 22 heavy (non-hydrogen) atoms. The van der Waals surface area contributed by atoms with Gasteiger partial charge in [-0.15, -0.1) is 0 Å². The van der Waals surface area contributed by atoms with Crippen molar-refractivity contribution in [1.29, 1.82) is 0 Å². The molecule has 0 saturated carbocycles. The summed E-state index contributed by atoms with van der Waals surface area (Å²) in [6, 6.07) is 10.2. The van der Waals surface area contributed by atoms with E-state index in [1.165, 1.54) is 0 Å². The van der Waals surface area contributed by atoms with Crippen LogP contribution in [0.1, 0.15) is 22.3 Å². The second kappa shape index (κ2) is 6.38. The van der Waals surface area contributed by atoms with Crippen LogP contribution in [-0.4, -0.2) is 10.2 Å². The van der Waals surface area contributed by atoms with Crippen LogP contribution in [0.4, 0.5) is 0 Å². The van der Waals surface area contributed by atoms with Crippen molar-refractivity contribution in [1.82, 2.24) is 0 Å². The van der Waals surface area contributed by atoms with E-state index >= 15 is 0 Å². The van der Waals surface area contributed by atoms with Gasteiger partial charge in [-0.05, 0) is 60.4 Å². The maximum atomic E-state index is 9.74. The third-order valence-electron chi connectivity index (χ3n) is 3.43. The summed E-state index contributed by atoms with van der Waals surface area (Å²) >= 11 is 0. The highest BCUT2D eigenvalue weighted by Crippen LogP contribution is 2.33. The molecule has 0 spiro atoms. The molecule has 0 unspecified atom stereocenters. The molecule has 0 aromatic heterocycles. The molecule has 0 radical (unpaired) electrons. The second-order valence-electron chi connectivity index (χ2n) is 4.89. The third-order valence-corrected chi connectivity index (χ3v) is 3.43. The molecule has 0 aliphatic rings. The van der Waals surface area contributed by atoms with Gasteiger partial charge in [-0.3, -0.25) is 0 Å². The number of aliphatic hydroxyl groups is 2. The van der Waals surface area contributed by atoms with E-state index in [1.807, 2.05) is 13.8 Å². The van der Waals surface area contributed by atoms with Crippen molar-refractivity contribution in [2.45, 2.75) is 13.8 Å². The molecule has 0 bridgehead atoms. The Morgan fingerprint density at radius 3 is 1.50 bits per heavy atom. The van der Waals surface area contributed by atoms with Crippen molar-refractivity contribution in [2.75, 3.05) is 0 Å². The average Bonchev–Trinajstić information content (AvgIpc) is 2.50. The zero-order valence-corrected chi connectivity index (χ0v) is 12.3. The maximum Gasteiger partial charge on any atom is 0.282 e. The van der Waals surface area contributed by atoms with Gasteiger partial charge in [0, 0.05) is 0 Å². The van der Waals surface area contributed by atoms with Gasteiger partial charge in [-0.1, -0.05) is 12.1 Å². The molecule has 6 heteroatoms. The molecule has 2 rings (SSSR count). The molecule has 0 atom stereocenters. The molecule has 0 heterocycles. The molecular weight excluding hydrogens is 284 g/mol. The van der Waals surface area contributed by atoms with Gasteiger partial charge >= 0.3 is 0 Å². The normalized spacial score (nSPS) is 10.2. The highest BCUT2D eigenvalue weighted by molar-refractivity contribution is 5.83. The van der Waals surface area contributed by atoms with Gasteiger partial charge in [0.05, 0.1) is 5.57 Å². The van der Waals surface area contributed by atoms with Crippen LogP contribution in [0, 0.1) is 13.8 Å². The smallest absolute Gasteiger partial charge is 0.282 e. The van der Waals surface area contributed by atoms with E-state index in [-0.39, 0.29) is 0 Å². The van der Waals surface area contributed by atoms with Crippen LogP contribution in [-0.2, 0) is 0 Å². The molecule has 0 amide bonds. The quantitative estimate of drug-likeness (QED) is 0.510. The minimum Gasteiger partial charge on any atom is -0.481 e. The van der Waals surface area contributed by atoms with Crippen molar-refractivity contribution in [3.63, 3.8) is 0 Å². The minimum atomic E-state index is -0.769. The molecule has 0 fully saturated rings. The van der Waals surface area contributed by atoms with E-state index < -0.39 is 5.95 Å². The van der Waals surface area contributed by atoms with Gasteiger partial charge < -0.3 is 19.9 Å². The van der Waals surface area contributed by atoms with Crippen molar-refractivity contribution < 1.29 is 19.9 Å². The van der Waals surface area contributed by atoms with Gasteiger partial charge in [0.2, 0.25) is 0 Å². The standard InChI is InChI=1S/C16H18N2O4/c1-9-7-11(21-17)3-5-13(9)15(16(19)20)14-6-4-12(22-18)8-10(14)2/h3-8,19-20H,17-18H2,1-2H3. The lowest BCUT2D eigenvalue weighted by molar-refractivity contribution is 0.194. The Kier molecular flexibility index (Phi) is 4.55. The first-order valence-corrected chi connectivity index (χ1v) is 6.55. The Labute approximate surface area is 128 Å². The highest BCUT2D eigenvalue weighted by Gasteiger charge is 2.17. The zero-order chi connectivity index (χ0) is 16.3. The summed E-state index contributed by atoms with van der Waals surface area (Å²) in [4.78, 5) is 9.36. The van der Waals surface area contributed by atoms with Gasteiger partial charge in [-0.25, -0.2) is 0 Å². The SMILES string of the molecule is Cc1cc(ON)ccc1C(=C(O)O)c1ccc(ON)cc1C. The predicted molar refractivity (Wildman–Crippen MR) is 83.3 cm³/mol. The van der Waals surface area contributed by atoms with Crippen LogP contribution in [0.15, 0.2) is 42.3 Å². The summed E-state index contributed by atoms with van der Waals surface area (Å²) in [6.07, 6.45) is 0. The van der Waals surface area contributed by atoms with Crippen LogP contribution in [0.3, 0.4) is 0 Å². The molecular formula is C16H18N2O4. The van der Waals surface area contributed by atoms with Gasteiger partial charge in [0.1, 0.15) is 11.5 Å². The number of aryl methyl sites for hydroxylation is 2. The summed E-state index contributed by atoms with van der Waals surface area (Å²) in [7, 11) is 0. The van der Waals surface area contributed by atoms with Crippen LogP contribution >= 0.6 is 0 Å². The molecule has 6 nitrogen and oxygen atoms in total. The first-order valence-electron chi connectivity index (χ1n) is 6.55. The second-order valence-corrected chi connectivity index (χ2v) is 4.89. The lowest BCUT2D eigenvalue weighted by Crippen LogP contribution is -2.05. The summed E-state index contributed by atoms with van der Waals surface area (Å²) in [6.45, 7) is 3.65. The van der Waals surface area contributed by atoms with Crippen LogP contribution in [0.2, 0.25) is 0 Å². The Balaban J connectivity index is 2.60. The summed E-state index contributed by atoms with van der Waals surface area (Å²) in [5.41, 5.74) is 3.20. The van der Waals surface area contributed by atoms with Gasteiger partial charge in [0.15, 0.2) is 0 Å². The molecule has 0 aliphatic heterocycles. The van der Waals surface area contributed by atoms with Crippen molar-refractivity contribution in [3.8, 4) is 11.5 Å². The van der Waals surface area contributed by atoms with E-state index in [1.54, 1.807) is 36.4 Å². The molecule has 116 valence electrons. The fourth-order valence-electron chi connectivity index (χ4n) is 2.37.